The van der Waals surface area contributed by atoms with Crippen LogP contribution in [0.2, 0.25) is 10.0 Å². The van der Waals surface area contributed by atoms with E-state index in [0.717, 1.165) is 0 Å². The van der Waals surface area contributed by atoms with Crippen molar-refractivity contribution in [2.45, 2.75) is 6.10 Å². The molecule has 4 aromatic rings. The highest BCUT2D eigenvalue weighted by Gasteiger charge is 2.24. The van der Waals surface area contributed by atoms with Crippen LogP contribution in [0.25, 0.3) is 33.4 Å². The minimum absolute atomic E-state index is 0.121. The van der Waals surface area contributed by atoms with E-state index in [-0.39, 0.29) is 15.6 Å². The molecule has 0 radical (unpaired) electrons. The van der Waals surface area contributed by atoms with Crippen molar-refractivity contribution in [2.75, 3.05) is 28.3 Å². The lowest BCUT2D eigenvalue weighted by molar-refractivity contribution is -0.138. The highest BCUT2D eigenvalue weighted by Crippen LogP contribution is 2.45. The number of nitrogens with one attached hydrogen (secondary N) is 1. The lowest BCUT2D eigenvalue weighted by atomic mass is 10.0. The number of benzene rings is 2. The van der Waals surface area contributed by atoms with Crippen molar-refractivity contribution in [3.05, 3.63) is 58.0 Å². The molecule has 8 nitrogen and oxygen atoms in total. The van der Waals surface area contributed by atoms with Crippen molar-refractivity contribution in [1.82, 2.24) is 20.1 Å². The number of H-pyrrole nitrogens is 1. The molecule has 2 aromatic carbocycles. The minimum Gasteiger partial charge on any atom is -0.495 e. The maximum absolute atomic E-state index is 14.8. The van der Waals surface area contributed by atoms with E-state index in [1.807, 2.05) is 0 Å². The lowest BCUT2D eigenvalue weighted by Crippen LogP contribution is -2.28. The molecule has 2 aromatic heterocycles. The Kier molecular flexibility index (Phi) is 6.84. The zero-order valence-corrected chi connectivity index (χ0v) is 20.7. The number of aliphatic hydroxyl groups excluding tert-OH is 1. The van der Waals surface area contributed by atoms with Crippen LogP contribution in [0.1, 0.15) is 11.7 Å². The van der Waals surface area contributed by atoms with Gasteiger partial charge in [-0.2, -0.15) is 5.10 Å². The van der Waals surface area contributed by atoms with E-state index in [2.05, 4.69) is 15.2 Å². The van der Waals surface area contributed by atoms with Gasteiger partial charge in [0.05, 0.1) is 35.5 Å². The Balaban J connectivity index is 1.76. The quantitative estimate of drug-likeness (QED) is 0.377. The number of methoxy groups -OCH3 is 2. The summed E-state index contributed by atoms with van der Waals surface area (Å²) in [5, 5.41) is 18.6. The summed E-state index contributed by atoms with van der Waals surface area (Å²) >= 11 is 13.0. The van der Waals surface area contributed by atoms with Gasteiger partial charge in [0.15, 0.2) is 6.10 Å². The van der Waals surface area contributed by atoms with Gasteiger partial charge in [0.25, 0.3) is 5.91 Å². The number of halogens is 3. The summed E-state index contributed by atoms with van der Waals surface area (Å²) in [6.07, 6.45) is -0.0354. The number of hydrogen-bond donors (Lipinski definition) is 2. The Labute approximate surface area is 210 Å². The van der Waals surface area contributed by atoms with E-state index in [1.54, 1.807) is 24.4 Å². The number of pyridine rings is 1. The molecule has 0 aliphatic rings. The van der Waals surface area contributed by atoms with Gasteiger partial charge in [-0.05, 0) is 12.1 Å². The number of fused-ring (bicyclic) bond motifs is 1. The summed E-state index contributed by atoms with van der Waals surface area (Å²) in [4.78, 5) is 17.7. The summed E-state index contributed by atoms with van der Waals surface area (Å²) in [6.45, 7) is 0. The number of amides is 1. The third kappa shape index (κ3) is 4.38. The second kappa shape index (κ2) is 9.69. The van der Waals surface area contributed by atoms with Gasteiger partial charge in [-0.1, -0.05) is 35.3 Å². The molecule has 35 heavy (non-hydrogen) atoms. The largest absolute Gasteiger partial charge is 0.495 e. The SMILES string of the molecule is COc1cc(OC)c(Cl)c(-c2cc3[nH]nc(-c4ccc(C(O)C(=O)N(C)C)c(F)c4)c3cn2)c1Cl. The minimum atomic E-state index is -1.60. The smallest absolute Gasteiger partial charge is 0.255 e. The molecule has 4 rings (SSSR count). The standard InChI is InChI=1S/C24H21Cl2FN4O4/c1-31(2)24(33)23(32)12-6-5-11(7-14(12)27)22-13-10-28-16(8-15(13)29-30-22)19-20(25)17(34-3)9-18(35-4)21(19)26/h5-10,23,32H,1-4H3,(H,29,30). The number of nitrogens with zero attached hydrogens (tertiary/aromatic N) is 3. The van der Waals surface area contributed by atoms with E-state index in [1.165, 1.54) is 45.3 Å². The molecule has 182 valence electrons. The van der Waals surface area contributed by atoms with Gasteiger partial charge in [0, 0.05) is 48.4 Å². The number of aliphatic hydroxyl groups is 1. The van der Waals surface area contributed by atoms with Crippen LogP contribution in [0.3, 0.4) is 0 Å². The summed E-state index contributed by atoms with van der Waals surface area (Å²) in [5.74, 6) is -0.598. The van der Waals surface area contributed by atoms with Crippen molar-refractivity contribution < 1.29 is 23.8 Å². The fourth-order valence-corrected chi connectivity index (χ4v) is 4.35. The summed E-state index contributed by atoms with van der Waals surface area (Å²) in [6, 6.07) is 7.45. The van der Waals surface area contributed by atoms with Crippen LogP contribution in [0.15, 0.2) is 36.5 Å². The van der Waals surface area contributed by atoms with Crippen LogP contribution in [-0.4, -0.2) is 59.4 Å². The molecule has 2 N–H and O–H groups in total. The fourth-order valence-electron chi connectivity index (χ4n) is 3.65. The van der Waals surface area contributed by atoms with Gasteiger partial charge in [0.2, 0.25) is 0 Å². The average Bonchev–Trinajstić information content (AvgIpc) is 3.26. The first-order valence-electron chi connectivity index (χ1n) is 10.3. The molecule has 11 heteroatoms. The number of carbonyl (C=O) groups is 1. The van der Waals surface area contributed by atoms with Crippen molar-refractivity contribution in [1.29, 1.82) is 0 Å². The van der Waals surface area contributed by atoms with Crippen LogP contribution >= 0.6 is 23.2 Å². The topological polar surface area (TPSA) is 101 Å². The zero-order chi connectivity index (χ0) is 25.4. The van der Waals surface area contributed by atoms with Gasteiger partial charge in [-0.25, -0.2) is 4.39 Å². The number of likely N-dealkylation sites (N-methyl/N-ethyl adjacent to an activating group) is 1. The van der Waals surface area contributed by atoms with Crippen LogP contribution in [0, 0.1) is 5.82 Å². The molecule has 0 saturated heterocycles. The number of ether oxygens (including phenoxy) is 2. The Morgan fingerprint density at radius 2 is 1.77 bits per heavy atom. The van der Waals surface area contributed by atoms with Crippen LogP contribution in [0.4, 0.5) is 4.39 Å². The molecule has 0 spiro atoms. The monoisotopic (exact) mass is 518 g/mol. The lowest BCUT2D eigenvalue weighted by Gasteiger charge is -2.16. The van der Waals surface area contributed by atoms with E-state index >= 15 is 0 Å². The third-order valence-electron chi connectivity index (χ3n) is 5.52. The van der Waals surface area contributed by atoms with Gasteiger partial charge in [0.1, 0.15) is 23.0 Å². The van der Waals surface area contributed by atoms with Crippen molar-refractivity contribution in [3.8, 4) is 34.0 Å². The Morgan fingerprint density at radius 3 is 2.34 bits per heavy atom. The first kappa shape index (κ1) is 24.7. The highest BCUT2D eigenvalue weighted by atomic mass is 35.5. The number of rotatable bonds is 6. The predicted molar refractivity (Wildman–Crippen MR) is 131 cm³/mol. The van der Waals surface area contributed by atoms with E-state index in [4.69, 9.17) is 32.7 Å². The number of hydrogen-bond acceptors (Lipinski definition) is 6. The predicted octanol–water partition coefficient (Wildman–Crippen LogP) is 4.88. The van der Waals surface area contributed by atoms with Crippen LogP contribution < -0.4 is 9.47 Å². The second-order valence-corrected chi connectivity index (χ2v) is 8.60. The molecule has 0 aliphatic heterocycles. The molecular weight excluding hydrogens is 498 g/mol. The Morgan fingerprint density at radius 1 is 1.11 bits per heavy atom. The highest BCUT2D eigenvalue weighted by molar-refractivity contribution is 6.41. The molecule has 0 fully saturated rings. The van der Waals surface area contributed by atoms with Gasteiger partial charge >= 0.3 is 0 Å². The summed E-state index contributed by atoms with van der Waals surface area (Å²) < 4.78 is 25.4. The van der Waals surface area contributed by atoms with Crippen molar-refractivity contribution in [2.24, 2.45) is 0 Å². The summed E-state index contributed by atoms with van der Waals surface area (Å²) in [7, 11) is 5.93. The fraction of sp³-hybridized carbons (Fsp3) is 0.208. The second-order valence-electron chi connectivity index (χ2n) is 7.84. The molecular formula is C24H21Cl2FN4O4. The van der Waals surface area contributed by atoms with Crippen molar-refractivity contribution in [3.63, 3.8) is 0 Å². The number of aromatic amines is 1. The van der Waals surface area contributed by atoms with Crippen LogP contribution in [0.5, 0.6) is 11.5 Å². The molecule has 1 unspecified atom stereocenters. The van der Waals surface area contributed by atoms with E-state index in [9.17, 15) is 14.3 Å². The Bertz CT molecular complexity index is 1410. The molecule has 1 amide bonds. The summed E-state index contributed by atoms with van der Waals surface area (Å²) in [5.41, 5.74) is 2.24. The average molecular weight is 519 g/mol. The molecule has 1 atom stereocenters. The number of carbonyl (C=O) groups excluding carboxylic acids is 1. The zero-order valence-electron chi connectivity index (χ0n) is 19.2. The molecule has 2 heterocycles. The van der Waals surface area contributed by atoms with Gasteiger partial charge in [-0.3, -0.25) is 14.9 Å². The van der Waals surface area contributed by atoms with Crippen LogP contribution in [-0.2, 0) is 4.79 Å². The van der Waals surface area contributed by atoms with E-state index in [0.29, 0.717) is 44.9 Å². The molecule has 0 bridgehead atoms. The first-order chi connectivity index (χ1) is 16.7. The number of aromatic nitrogens is 3. The molecule has 0 saturated carbocycles. The molecule has 0 aliphatic carbocycles. The maximum atomic E-state index is 14.8. The third-order valence-corrected chi connectivity index (χ3v) is 6.27. The van der Waals surface area contributed by atoms with Gasteiger partial charge in [-0.15, -0.1) is 0 Å². The Hall–Kier alpha value is -3.40. The van der Waals surface area contributed by atoms with Gasteiger partial charge < -0.3 is 19.5 Å². The van der Waals surface area contributed by atoms with E-state index < -0.39 is 17.8 Å². The van der Waals surface area contributed by atoms with Crippen molar-refractivity contribution >= 4 is 40.0 Å². The first-order valence-corrected chi connectivity index (χ1v) is 11.1. The normalized spacial score (nSPS) is 12.0. The maximum Gasteiger partial charge on any atom is 0.255 e.